The molecule has 1 aliphatic rings. The third-order valence-corrected chi connectivity index (χ3v) is 5.87. The zero-order valence-corrected chi connectivity index (χ0v) is 19.3. The van der Waals surface area contributed by atoms with Crippen molar-refractivity contribution < 1.29 is 32.2 Å². The first-order chi connectivity index (χ1) is 16.1. The molecule has 0 bridgehead atoms. The lowest BCUT2D eigenvalue weighted by atomic mass is 9.89. The van der Waals surface area contributed by atoms with Crippen LogP contribution in [0.25, 0.3) is 0 Å². The minimum atomic E-state index is -4.54. The highest BCUT2D eigenvalue weighted by atomic mass is 35.5. The van der Waals surface area contributed by atoms with Crippen molar-refractivity contribution in [3.63, 3.8) is 0 Å². The number of ether oxygens (including phenoxy) is 3. The molecular formula is C25H21ClF3NO4. The molecule has 0 N–H and O–H groups in total. The van der Waals surface area contributed by atoms with Crippen molar-refractivity contribution in [3.8, 4) is 17.2 Å². The largest absolute Gasteiger partial charge is 0.493 e. The van der Waals surface area contributed by atoms with Crippen LogP contribution < -0.4 is 19.1 Å². The van der Waals surface area contributed by atoms with Gasteiger partial charge < -0.3 is 14.2 Å². The summed E-state index contributed by atoms with van der Waals surface area (Å²) < 4.78 is 56.7. The summed E-state index contributed by atoms with van der Waals surface area (Å²) in [5.74, 6) is 0.892. The van der Waals surface area contributed by atoms with Crippen LogP contribution in [0.2, 0.25) is 5.02 Å². The Bertz CT molecular complexity index is 1230. The van der Waals surface area contributed by atoms with E-state index in [1.165, 1.54) is 31.3 Å². The Balaban J connectivity index is 1.77. The number of amides is 1. The first kappa shape index (κ1) is 23.8. The molecule has 2 atom stereocenters. The number of methoxy groups -OCH3 is 2. The number of alkyl halides is 3. The van der Waals surface area contributed by atoms with E-state index >= 15 is 0 Å². The summed E-state index contributed by atoms with van der Waals surface area (Å²) in [6, 6.07) is 14.0. The molecule has 1 aliphatic heterocycles. The van der Waals surface area contributed by atoms with E-state index in [1.54, 1.807) is 43.3 Å². The quantitative estimate of drug-likeness (QED) is 0.384. The number of anilines is 1. The minimum Gasteiger partial charge on any atom is -0.493 e. The number of hydrogen-bond acceptors (Lipinski definition) is 4. The molecule has 1 heterocycles. The Morgan fingerprint density at radius 3 is 2.26 bits per heavy atom. The highest BCUT2D eigenvalue weighted by Crippen LogP contribution is 2.45. The van der Waals surface area contributed by atoms with Gasteiger partial charge in [0.1, 0.15) is 11.8 Å². The molecule has 178 valence electrons. The SMILES string of the molecule is COc1ccc([C@@H]2[C@H](Oc3ccc(Cl)cc3C)C(=O)N2c2cccc(C(F)(F)F)c2)cc1OC. The number of carbonyl (C=O) groups excluding carboxylic acids is 1. The number of β-lactam (4-membered cyclic amide) rings is 1. The van der Waals surface area contributed by atoms with Gasteiger partial charge in [0, 0.05) is 10.7 Å². The van der Waals surface area contributed by atoms with Crippen LogP contribution in [0.1, 0.15) is 22.7 Å². The summed E-state index contributed by atoms with van der Waals surface area (Å²) in [6.45, 7) is 1.79. The normalized spacial score (nSPS) is 17.9. The molecule has 0 radical (unpaired) electrons. The van der Waals surface area contributed by atoms with Gasteiger partial charge in [0.05, 0.1) is 19.8 Å². The van der Waals surface area contributed by atoms with Gasteiger partial charge in [-0.1, -0.05) is 23.7 Å². The van der Waals surface area contributed by atoms with Crippen molar-refractivity contribution in [1.82, 2.24) is 0 Å². The number of nitrogens with zero attached hydrogens (tertiary/aromatic N) is 1. The fraction of sp³-hybridized carbons (Fsp3) is 0.240. The second-order valence-electron chi connectivity index (χ2n) is 7.76. The Morgan fingerprint density at radius 1 is 0.912 bits per heavy atom. The van der Waals surface area contributed by atoms with Crippen molar-refractivity contribution in [1.29, 1.82) is 0 Å². The van der Waals surface area contributed by atoms with Crippen molar-refractivity contribution in [2.24, 2.45) is 0 Å². The number of benzene rings is 3. The zero-order chi connectivity index (χ0) is 24.6. The number of rotatable bonds is 6. The third-order valence-electron chi connectivity index (χ3n) is 5.64. The molecule has 0 aliphatic carbocycles. The van der Waals surface area contributed by atoms with Crippen molar-refractivity contribution in [2.45, 2.75) is 25.2 Å². The minimum absolute atomic E-state index is 0.118. The van der Waals surface area contributed by atoms with Crippen molar-refractivity contribution in [2.75, 3.05) is 19.1 Å². The zero-order valence-electron chi connectivity index (χ0n) is 18.5. The molecule has 4 rings (SSSR count). The van der Waals surface area contributed by atoms with Crippen LogP contribution in [0, 0.1) is 6.92 Å². The number of carbonyl (C=O) groups is 1. The summed E-state index contributed by atoms with van der Waals surface area (Å²) in [6.07, 6.45) is -5.51. The number of aryl methyl sites for hydroxylation is 1. The first-order valence-corrected chi connectivity index (χ1v) is 10.7. The second-order valence-corrected chi connectivity index (χ2v) is 8.20. The van der Waals surface area contributed by atoms with E-state index in [4.69, 9.17) is 25.8 Å². The Kier molecular flexibility index (Phi) is 6.36. The van der Waals surface area contributed by atoms with Gasteiger partial charge in [-0.25, -0.2) is 0 Å². The maximum absolute atomic E-state index is 13.3. The van der Waals surface area contributed by atoms with Crippen molar-refractivity contribution in [3.05, 3.63) is 82.4 Å². The fourth-order valence-corrected chi connectivity index (χ4v) is 4.17. The highest BCUT2D eigenvalue weighted by Gasteiger charge is 2.51. The van der Waals surface area contributed by atoms with E-state index in [9.17, 15) is 18.0 Å². The summed E-state index contributed by atoms with van der Waals surface area (Å²) in [4.78, 5) is 14.5. The van der Waals surface area contributed by atoms with Gasteiger partial charge >= 0.3 is 6.18 Å². The molecule has 1 saturated heterocycles. The summed E-state index contributed by atoms with van der Waals surface area (Å²) in [5.41, 5.74) is 0.615. The molecule has 9 heteroatoms. The Hall–Kier alpha value is -3.39. The number of hydrogen-bond donors (Lipinski definition) is 0. The smallest absolute Gasteiger partial charge is 0.416 e. The average Bonchev–Trinajstić information content (AvgIpc) is 2.80. The lowest BCUT2D eigenvalue weighted by Crippen LogP contribution is -2.61. The average molecular weight is 492 g/mol. The monoisotopic (exact) mass is 491 g/mol. The van der Waals surface area contributed by atoms with E-state index < -0.39 is 29.8 Å². The molecule has 3 aromatic rings. The van der Waals surface area contributed by atoms with Gasteiger partial charge in [-0.2, -0.15) is 13.2 Å². The maximum Gasteiger partial charge on any atom is 0.416 e. The molecule has 0 unspecified atom stereocenters. The fourth-order valence-electron chi connectivity index (χ4n) is 3.94. The summed E-state index contributed by atoms with van der Waals surface area (Å²) >= 11 is 6.02. The summed E-state index contributed by atoms with van der Waals surface area (Å²) in [7, 11) is 2.97. The Morgan fingerprint density at radius 2 is 1.62 bits per heavy atom. The van der Waals surface area contributed by atoms with Crippen LogP contribution in [0.5, 0.6) is 17.2 Å². The highest BCUT2D eigenvalue weighted by molar-refractivity contribution is 6.30. The first-order valence-electron chi connectivity index (χ1n) is 10.3. The lowest BCUT2D eigenvalue weighted by molar-refractivity contribution is -0.138. The van der Waals surface area contributed by atoms with Gasteiger partial charge in [0.2, 0.25) is 6.10 Å². The van der Waals surface area contributed by atoms with Crippen LogP contribution in [0.15, 0.2) is 60.7 Å². The molecule has 1 amide bonds. The van der Waals surface area contributed by atoms with Crippen molar-refractivity contribution >= 4 is 23.2 Å². The van der Waals surface area contributed by atoms with E-state index in [-0.39, 0.29) is 5.69 Å². The third kappa shape index (κ3) is 4.37. The van der Waals surface area contributed by atoms with Crippen LogP contribution in [0.4, 0.5) is 18.9 Å². The van der Waals surface area contributed by atoms with Gasteiger partial charge in [-0.3, -0.25) is 9.69 Å². The van der Waals surface area contributed by atoms with Crippen LogP contribution in [-0.2, 0) is 11.0 Å². The van der Waals surface area contributed by atoms with E-state index in [2.05, 4.69) is 0 Å². The number of halogens is 4. The molecule has 0 spiro atoms. The van der Waals surface area contributed by atoms with E-state index in [0.717, 1.165) is 17.7 Å². The predicted octanol–water partition coefficient (Wildman–Crippen LogP) is 6.22. The molecule has 0 saturated carbocycles. The maximum atomic E-state index is 13.3. The van der Waals surface area contributed by atoms with Crippen LogP contribution in [-0.4, -0.2) is 26.2 Å². The second kappa shape index (κ2) is 9.10. The predicted molar refractivity (Wildman–Crippen MR) is 122 cm³/mol. The van der Waals surface area contributed by atoms with Gasteiger partial charge in [-0.15, -0.1) is 0 Å². The topological polar surface area (TPSA) is 48.0 Å². The molecular weight excluding hydrogens is 471 g/mol. The summed E-state index contributed by atoms with van der Waals surface area (Å²) in [5, 5.41) is 0.520. The van der Waals surface area contributed by atoms with Crippen LogP contribution >= 0.6 is 11.6 Å². The molecule has 1 fully saturated rings. The van der Waals surface area contributed by atoms with Gasteiger partial charge in [0.15, 0.2) is 11.5 Å². The van der Waals surface area contributed by atoms with Crippen LogP contribution in [0.3, 0.4) is 0 Å². The standard InChI is InChI=1S/C25H21ClF3NO4/c1-14-11-17(26)8-10-19(14)34-23-22(15-7-9-20(32-2)21(12-15)33-3)30(24(23)31)18-6-4-5-16(13-18)25(27,28)29/h4-13,22-23H,1-3H3/t22-,23+/m1/s1. The van der Waals surface area contributed by atoms with E-state index in [0.29, 0.717) is 27.8 Å². The molecule has 5 nitrogen and oxygen atoms in total. The molecule has 3 aromatic carbocycles. The molecule has 0 aromatic heterocycles. The van der Waals surface area contributed by atoms with E-state index in [1.807, 2.05) is 0 Å². The van der Waals surface area contributed by atoms with Gasteiger partial charge in [-0.05, 0) is 66.6 Å². The Labute approximate surface area is 199 Å². The van der Waals surface area contributed by atoms with Gasteiger partial charge in [0.25, 0.3) is 5.91 Å². The lowest BCUT2D eigenvalue weighted by Gasteiger charge is -2.47. The molecule has 34 heavy (non-hydrogen) atoms.